The minimum Gasteiger partial charge on any atom is -0.439 e. The highest BCUT2D eigenvalue weighted by Gasteiger charge is 2.50. The molecule has 44 heavy (non-hydrogen) atoms. The van der Waals surface area contributed by atoms with Crippen LogP contribution < -0.4 is 15.1 Å². The lowest BCUT2D eigenvalue weighted by molar-refractivity contribution is 0.462. The second-order valence-electron chi connectivity index (χ2n) is 13.8. The van der Waals surface area contributed by atoms with Gasteiger partial charge in [0.1, 0.15) is 13.8 Å². The quantitative estimate of drug-likeness (QED) is 0.446. The largest absolute Gasteiger partial charge is 0.439 e. The highest BCUT2D eigenvalue weighted by atomic mass is 28.3. The number of allylic oxidation sites excluding steroid dienone is 8. The summed E-state index contributed by atoms with van der Waals surface area (Å²) in [6.07, 6.45) is 26.2. The van der Waals surface area contributed by atoms with Gasteiger partial charge in [-0.2, -0.15) is 0 Å². The number of rotatable bonds is 1. The second-order valence-corrected chi connectivity index (χ2v) is 18.1. The average molecular weight is 589 g/mol. The molecule has 0 saturated carbocycles. The van der Waals surface area contributed by atoms with Gasteiger partial charge >= 0.3 is 27.9 Å². The zero-order valence-electron chi connectivity index (χ0n) is 26.0. The van der Waals surface area contributed by atoms with E-state index in [1.54, 1.807) is 0 Å². The Bertz CT molecular complexity index is 1760. The van der Waals surface area contributed by atoms with E-state index in [1.807, 2.05) is 12.3 Å². The van der Waals surface area contributed by atoms with Gasteiger partial charge in [0.05, 0.1) is 0 Å². The topological polar surface area (TPSA) is 35.1 Å². The van der Waals surface area contributed by atoms with Gasteiger partial charge in [-0.3, -0.25) is 0 Å². The number of ether oxygens (including phenoxy) is 1. The van der Waals surface area contributed by atoms with E-state index in [1.165, 1.54) is 27.1 Å². The minimum atomic E-state index is -2.05. The number of hydrogen-bond acceptors (Lipinski definition) is 6. The van der Waals surface area contributed by atoms with E-state index in [4.69, 9.17) is 9.72 Å². The summed E-state index contributed by atoms with van der Waals surface area (Å²) in [6, 6.07) is 8.92. The maximum Gasteiger partial charge on any atom is 0.380 e. The lowest BCUT2D eigenvalue weighted by atomic mass is 9.41. The molecule has 0 radical (unpaired) electrons. The molecule has 0 amide bonds. The number of hydrogen-bond donors (Lipinski definition) is 0. The molecular formula is C33H35B4N5OSi. The summed E-state index contributed by atoms with van der Waals surface area (Å²) < 4.78 is 16.7. The van der Waals surface area contributed by atoms with Crippen LogP contribution in [0.5, 0.6) is 11.6 Å². The molecule has 1 aromatic heterocycles. The molecule has 6 aliphatic rings. The molecule has 6 aliphatic heterocycles. The summed E-state index contributed by atoms with van der Waals surface area (Å²) in [4.78, 5) is 4.72. The molecule has 8 rings (SSSR count). The van der Waals surface area contributed by atoms with Gasteiger partial charge in [-0.05, 0) is 70.8 Å². The first-order chi connectivity index (χ1) is 21.2. The van der Waals surface area contributed by atoms with E-state index in [2.05, 4.69) is 162 Å². The summed E-state index contributed by atoms with van der Waals surface area (Å²) in [5.41, 5.74) is 3.54. The smallest absolute Gasteiger partial charge is 0.380 e. The average Bonchev–Trinajstić information content (AvgIpc) is 3.03. The minimum absolute atomic E-state index is 0.0145. The molecule has 7 heterocycles. The predicted molar refractivity (Wildman–Crippen MR) is 189 cm³/mol. The SMILES string of the molecule is CC(C)(C)c1ccc2c(c1C1=CN3B4C=CC=CN4B4C=CC=CN4B4C=CC=CN4B3C=C1)Oc1ncccc1[Si]2(C)C. The number of fused-ring (bicyclic) bond motifs is 10. The summed E-state index contributed by atoms with van der Waals surface area (Å²) in [6.45, 7) is 11.9. The van der Waals surface area contributed by atoms with Gasteiger partial charge < -0.3 is 23.6 Å². The van der Waals surface area contributed by atoms with Gasteiger partial charge in [-0.25, -0.2) is 4.98 Å². The first-order valence-electron chi connectivity index (χ1n) is 15.6. The van der Waals surface area contributed by atoms with Crippen molar-refractivity contribution in [2.45, 2.75) is 39.3 Å². The first kappa shape index (κ1) is 27.3. The summed E-state index contributed by atoms with van der Waals surface area (Å²) in [5, 5.41) is 2.58. The van der Waals surface area contributed by atoms with Gasteiger partial charge in [0, 0.05) is 16.9 Å². The van der Waals surface area contributed by atoms with Crippen LogP contribution in [-0.4, -0.2) is 59.9 Å². The highest BCUT2D eigenvalue weighted by molar-refractivity contribution is 7.01. The summed E-state index contributed by atoms with van der Waals surface area (Å²) in [7, 11) is -2.05. The van der Waals surface area contributed by atoms with Crippen LogP contribution in [0.4, 0.5) is 0 Å². The van der Waals surface area contributed by atoms with E-state index >= 15 is 0 Å². The molecule has 0 bridgehead atoms. The zero-order chi connectivity index (χ0) is 30.2. The van der Waals surface area contributed by atoms with Crippen LogP contribution >= 0.6 is 0 Å². The van der Waals surface area contributed by atoms with Crippen LogP contribution in [0.15, 0.2) is 122 Å². The van der Waals surface area contributed by atoms with Crippen LogP contribution in [0.2, 0.25) is 13.1 Å². The number of benzene rings is 1. The van der Waals surface area contributed by atoms with Crippen LogP contribution in [0.25, 0.3) is 5.57 Å². The van der Waals surface area contributed by atoms with Gasteiger partial charge in [-0.15, -0.1) is 0 Å². The Kier molecular flexibility index (Phi) is 6.14. The maximum atomic E-state index is 6.82. The van der Waals surface area contributed by atoms with E-state index < -0.39 is 8.07 Å². The van der Waals surface area contributed by atoms with Crippen molar-refractivity contribution < 1.29 is 4.74 Å². The molecule has 6 nitrogen and oxygen atoms in total. The van der Waals surface area contributed by atoms with Crippen molar-refractivity contribution in [2.75, 3.05) is 0 Å². The molecule has 0 atom stereocenters. The Balaban J connectivity index is 1.32. The Hall–Kier alpha value is -4.23. The van der Waals surface area contributed by atoms with E-state index in [9.17, 15) is 0 Å². The Morgan fingerprint density at radius 1 is 0.705 bits per heavy atom. The van der Waals surface area contributed by atoms with E-state index in [-0.39, 0.29) is 33.3 Å². The zero-order valence-corrected chi connectivity index (χ0v) is 27.0. The number of aromatic nitrogens is 1. The molecule has 1 saturated heterocycles. The standard InChI is InChI=1S/C33H35B4N5OSi/c1-33(2,3)27-14-15-28-31(43-32-29(44(28,4)5)13-12-21-38-32)30(27)26-16-20-37-41-24-10-7-18-35(41)39-22-9-6-17-34(39)40-23-11-8-19-36(40)42(37)25-26/h6-25H,1-5H3. The molecule has 2 aromatic rings. The normalized spacial score (nSPS) is 20.3. The van der Waals surface area contributed by atoms with Crippen molar-refractivity contribution in [3.63, 3.8) is 0 Å². The van der Waals surface area contributed by atoms with E-state index in [0.717, 1.165) is 11.6 Å². The van der Waals surface area contributed by atoms with Crippen molar-refractivity contribution in [1.82, 2.24) is 23.9 Å². The van der Waals surface area contributed by atoms with Crippen LogP contribution in [0.1, 0.15) is 31.9 Å². The van der Waals surface area contributed by atoms with Gasteiger partial charge in [0.2, 0.25) is 5.88 Å². The lowest BCUT2D eigenvalue weighted by Gasteiger charge is -2.53. The van der Waals surface area contributed by atoms with Crippen LogP contribution in [-0.2, 0) is 5.41 Å². The second kappa shape index (κ2) is 9.89. The fourth-order valence-corrected chi connectivity index (χ4v) is 10.2. The van der Waals surface area contributed by atoms with E-state index in [0.29, 0.717) is 0 Å². The Labute approximate surface area is 263 Å². The molecular weight excluding hydrogens is 554 g/mol. The third-order valence-corrected chi connectivity index (χ3v) is 13.2. The number of pyridine rings is 1. The first-order valence-corrected chi connectivity index (χ1v) is 18.6. The molecule has 1 fully saturated rings. The van der Waals surface area contributed by atoms with Crippen molar-refractivity contribution in [3.8, 4) is 11.6 Å². The van der Waals surface area contributed by atoms with Crippen molar-refractivity contribution in [1.29, 1.82) is 0 Å². The predicted octanol–water partition coefficient (Wildman–Crippen LogP) is 4.80. The van der Waals surface area contributed by atoms with Gasteiger partial charge in [0.25, 0.3) is 0 Å². The monoisotopic (exact) mass is 589 g/mol. The molecule has 214 valence electrons. The molecule has 11 heteroatoms. The van der Waals surface area contributed by atoms with Crippen molar-refractivity contribution >= 4 is 52.0 Å². The third-order valence-electron chi connectivity index (χ3n) is 9.71. The fraction of sp³-hybridized carbons (Fsp3) is 0.182. The summed E-state index contributed by atoms with van der Waals surface area (Å²) in [5.74, 6) is 11.0. The van der Waals surface area contributed by atoms with Crippen molar-refractivity contribution in [3.05, 3.63) is 133 Å². The third kappa shape index (κ3) is 4.09. The van der Waals surface area contributed by atoms with Crippen molar-refractivity contribution in [2.24, 2.45) is 0 Å². The number of nitrogens with zero attached hydrogens (tertiary/aromatic N) is 5. The van der Waals surface area contributed by atoms with Gasteiger partial charge in [0.15, 0.2) is 0 Å². The molecule has 0 aliphatic carbocycles. The van der Waals surface area contributed by atoms with Crippen LogP contribution in [0.3, 0.4) is 0 Å². The Morgan fingerprint density at radius 2 is 1.30 bits per heavy atom. The van der Waals surface area contributed by atoms with Gasteiger partial charge in [-0.1, -0.05) is 100 Å². The van der Waals surface area contributed by atoms with Crippen LogP contribution in [0, 0.1) is 0 Å². The molecule has 1 aromatic carbocycles. The summed E-state index contributed by atoms with van der Waals surface area (Å²) >= 11 is 0. The lowest BCUT2D eigenvalue weighted by Crippen LogP contribution is -2.73. The molecule has 0 spiro atoms. The molecule has 0 unspecified atom stereocenters. The fourth-order valence-electron chi connectivity index (χ4n) is 7.48. The molecule has 0 N–H and O–H groups in total. The maximum absolute atomic E-state index is 6.82. The highest BCUT2D eigenvalue weighted by Crippen LogP contribution is 2.42. The Morgan fingerprint density at radius 3 is 1.91 bits per heavy atom.